The number of likely N-dealkylation sites (tertiary alicyclic amines) is 1. The van der Waals surface area contributed by atoms with Crippen LogP contribution in [-0.2, 0) is 4.79 Å². The van der Waals surface area contributed by atoms with E-state index in [1.165, 1.54) is 44.9 Å². The Labute approximate surface area is 157 Å². The fraction of sp³-hybridized carbons (Fsp3) is 0.882. The second-order valence-electron chi connectivity index (χ2n) is 7.63. The van der Waals surface area contributed by atoms with E-state index in [1.54, 1.807) is 19.0 Å². The number of nitrogens with one attached hydrogen (secondary N) is 1. The van der Waals surface area contributed by atoms with Crippen molar-refractivity contribution in [2.75, 3.05) is 40.3 Å². The van der Waals surface area contributed by atoms with Crippen molar-refractivity contribution < 1.29 is 4.79 Å². The number of hydrogen-bond donors (Lipinski definition) is 1. The van der Waals surface area contributed by atoms with E-state index < -0.39 is 0 Å². The van der Waals surface area contributed by atoms with Gasteiger partial charge in [-0.1, -0.05) is 12.8 Å². The smallest absolute Gasteiger partial charge is 0.243 e. The van der Waals surface area contributed by atoms with E-state index in [0.717, 1.165) is 31.5 Å². The molecule has 0 atom stereocenters. The van der Waals surface area contributed by atoms with E-state index in [1.807, 2.05) is 0 Å². The molecule has 2 aliphatic carbocycles. The number of nitrogens with zero attached hydrogens (tertiary/aromatic N) is 3. The van der Waals surface area contributed by atoms with Gasteiger partial charge in [-0.25, -0.2) is 4.99 Å². The number of carbonyl (C=O) groups excluding carboxylic acids is 1. The van der Waals surface area contributed by atoms with Gasteiger partial charge in [-0.15, -0.1) is 24.0 Å². The molecular weight excluding hydrogens is 403 g/mol. The second-order valence-corrected chi connectivity index (χ2v) is 7.63. The van der Waals surface area contributed by atoms with Gasteiger partial charge in [0.1, 0.15) is 6.54 Å². The molecule has 1 saturated heterocycles. The minimum absolute atomic E-state index is 0. The maximum Gasteiger partial charge on any atom is 0.243 e. The highest BCUT2D eigenvalue weighted by Gasteiger charge is 2.43. The third-order valence-corrected chi connectivity index (χ3v) is 5.79. The Kier molecular flexibility index (Phi) is 6.57. The van der Waals surface area contributed by atoms with Crippen molar-refractivity contribution in [2.24, 2.45) is 16.3 Å². The maximum atomic E-state index is 11.8. The molecule has 0 unspecified atom stereocenters. The third-order valence-electron chi connectivity index (χ3n) is 5.79. The molecule has 1 spiro atoms. The minimum Gasteiger partial charge on any atom is -0.356 e. The van der Waals surface area contributed by atoms with Crippen molar-refractivity contribution in [3.8, 4) is 0 Å². The Morgan fingerprint density at radius 3 is 2.48 bits per heavy atom. The summed E-state index contributed by atoms with van der Waals surface area (Å²) in [5.74, 6) is 1.83. The summed E-state index contributed by atoms with van der Waals surface area (Å²) >= 11 is 0. The van der Waals surface area contributed by atoms with Crippen LogP contribution in [0.2, 0.25) is 0 Å². The first kappa shape index (κ1) is 18.8. The molecule has 0 aromatic rings. The SMILES string of the molecule is CN(C)C(=O)CN=C(NCC1CCC1)N1CCC2(CCC2)C1.I. The van der Waals surface area contributed by atoms with Crippen LogP contribution in [0.15, 0.2) is 4.99 Å². The zero-order chi connectivity index (χ0) is 15.6. The molecule has 3 aliphatic rings. The largest absolute Gasteiger partial charge is 0.356 e. The maximum absolute atomic E-state index is 11.8. The molecule has 0 aromatic carbocycles. The van der Waals surface area contributed by atoms with Crippen molar-refractivity contribution in [1.29, 1.82) is 0 Å². The summed E-state index contributed by atoms with van der Waals surface area (Å²) in [4.78, 5) is 20.5. The van der Waals surface area contributed by atoms with Crippen LogP contribution in [0.5, 0.6) is 0 Å². The molecule has 6 heteroatoms. The van der Waals surface area contributed by atoms with E-state index in [2.05, 4.69) is 15.2 Å². The normalized spacial score (nSPS) is 23.0. The minimum atomic E-state index is 0. The van der Waals surface area contributed by atoms with Crippen molar-refractivity contribution in [3.63, 3.8) is 0 Å². The zero-order valence-electron chi connectivity index (χ0n) is 14.5. The lowest BCUT2D eigenvalue weighted by Crippen LogP contribution is -2.45. The van der Waals surface area contributed by atoms with Gasteiger partial charge >= 0.3 is 0 Å². The number of rotatable bonds is 4. The number of guanidine groups is 1. The number of carbonyl (C=O) groups is 1. The van der Waals surface area contributed by atoms with Gasteiger partial charge in [-0.3, -0.25) is 4.79 Å². The lowest BCUT2D eigenvalue weighted by molar-refractivity contribution is -0.127. The first-order valence-corrected chi connectivity index (χ1v) is 8.81. The summed E-state index contributed by atoms with van der Waals surface area (Å²) in [5.41, 5.74) is 0.560. The monoisotopic (exact) mass is 434 g/mol. The molecule has 132 valence electrons. The molecule has 1 heterocycles. The van der Waals surface area contributed by atoms with E-state index >= 15 is 0 Å². The van der Waals surface area contributed by atoms with E-state index in [-0.39, 0.29) is 36.4 Å². The zero-order valence-corrected chi connectivity index (χ0v) is 16.8. The van der Waals surface area contributed by atoms with Gasteiger partial charge in [-0.2, -0.15) is 0 Å². The van der Waals surface area contributed by atoms with Crippen molar-refractivity contribution in [1.82, 2.24) is 15.1 Å². The van der Waals surface area contributed by atoms with Gasteiger partial charge < -0.3 is 15.1 Å². The van der Waals surface area contributed by atoms with Crippen LogP contribution in [-0.4, -0.2) is 61.9 Å². The van der Waals surface area contributed by atoms with Gasteiger partial charge in [0.25, 0.3) is 0 Å². The number of halogens is 1. The number of hydrogen-bond acceptors (Lipinski definition) is 2. The molecule has 23 heavy (non-hydrogen) atoms. The van der Waals surface area contributed by atoms with Gasteiger partial charge in [0.05, 0.1) is 0 Å². The third kappa shape index (κ3) is 4.51. The van der Waals surface area contributed by atoms with Crippen LogP contribution in [0, 0.1) is 11.3 Å². The number of aliphatic imine (C=N–C) groups is 1. The van der Waals surface area contributed by atoms with E-state index in [0.29, 0.717) is 5.41 Å². The van der Waals surface area contributed by atoms with Crippen LogP contribution in [0.1, 0.15) is 44.9 Å². The molecule has 3 rings (SSSR count). The molecule has 0 aromatic heterocycles. The van der Waals surface area contributed by atoms with Crippen LogP contribution < -0.4 is 5.32 Å². The quantitative estimate of drug-likeness (QED) is 0.420. The Morgan fingerprint density at radius 2 is 2.00 bits per heavy atom. The van der Waals surface area contributed by atoms with Crippen LogP contribution in [0.25, 0.3) is 0 Å². The van der Waals surface area contributed by atoms with Crippen LogP contribution >= 0.6 is 24.0 Å². The molecule has 0 radical (unpaired) electrons. The van der Waals surface area contributed by atoms with Gasteiger partial charge in [0.2, 0.25) is 5.91 Å². The highest BCUT2D eigenvalue weighted by atomic mass is 127. The molecule has 1 aliphatic heterocycles. The summed E-state index contributed by atoms with van der Waals surface area (Å²) in [6.45, 7) is 3.48. The average Bonchev–Trinajstić information content (AvgIpc) is 2.85. The first-order valence-electron chi connectivity index (χ1n) is 8.81. The average molecular weight is 434 g/mol. The molecular formula is C17H31IN4O. The highest BCUT2D eigenvalue weighted by Crippen LogP contribution is 2.47. The summed E-state index contributed by atoms with van der Waals surface area (Å²) in [6.07, 6.45) is 9.45. The van der Waals surface area contributed by atoms with Crippen molar-refractivity contribution >= 4 is 35.8 Å². The molecule has 0 bridgehead atoms. The topological polar surface area (TPSA) is 47.9 Å². The van der Waals surface area contributed by atoms with Crippen LogP contribution in [0.4, 0.5) is 0 Å². The molecule has 1 amide bonds. The first-order chi connectivity index (χ1) is 10.6. The summed E-state index contributed by atoms with van der Waals surface area (Å²) in [7, 11) is 3.58. The van der Waals surface area contributed by atoms with Crippen LogP contribution in [0.3, 0.4) is 0 Å². The predicted octanol–water partition coefficient (Wildman–Crippen LogP) is 2.31. The summed E-state index contributed by atoms with van der Waals surface area (Å²) in [5, 5.41) is 3.55. The predicted molar refractivity (Wildman–Crippen MR) is 104 cm³/mol. The van der Waals surface area contributed by atoms with Crippen molar-refractivity contribution in [2.45, 2.75) is 44.9 Å². The van der Waals surface area contributed by atoms with E-state index in [4.69, 9.17) is 0 Å². The second kappa shape index (κ2) is 8.03. The summed E-state index contributed by atoms with van der Waals surface area (Å²) in [6, 6.07) is 0. The van der Waals surface area contributed by atoms with E-state index in [9.17, 15) is 4.79 Å². The molecule has 1 N–H and O–H groups in total. The number of amides is 1. The fourth-order valence-electron chi connectivity index (χ4n) is 3.68. The lowest BCUT2D eigenvalue weighted by Gasteiger charge is -2.38. The molecule has 3 fully saturated rings. The Balaban J connectivity index is 0.00000192. The molecule has 2 saturated carbocycles. The van der Waals surface area contributed by atoms with Gasteiger partial charge in [0.15, 0.2) is 5.96 Å². The highest BCUT2D eigenvalue weighted by molar-refractivity contribution is 14.0. The molecule has 5 nitrogen and oxygen atoms in total. The standard InChI is InChI=1S/C17H30N4O.HI/c1-20(2)15(22)12-19-16(18-11-14-5-3-6-14)21-10-9-17(13-21)7-4-8-17;/h14H,3-13H2,1-2H3,(H,18,19);1H. The lowest BCUT2D eigenvalue weighted by atomic mass is 9.68. The fourth-order valence-corrected chi connectivity index (χ4v) is 3.68. The van der Waals surface area contributed by atoms with Gasteiger partial charge in [-0.05, 0) is 43.4 Å². The van der Waals surface area contributed by atoms with Crippen molar-refractivity contribution in [3.05, 3.63) is 0 Å². The van der Waals surface area contributed by atoms with Gasteiger partial charge in [0, 0.05) is 33.7 Å². The summed E-state index contributed by atoms with van der Waals surface area (Å²) < 4.78 is 0. The Morgan fingerprint density at radius 1 is 1.26 bits per heavy atom. The number of likely N-dealkylation sites (N-methyl/N-ethyl adjacent to an activating group) is 1. The Hall–Kier alpha value is -0.530. The Bertz CT molecular complexity index is 444.